The zero-order valence-electron chi connectivity index (χ0n) is 21.9. The lowest BCUT2D eigenvalue weighted by Crippen LogP contribution is -2.50. The second-order valence-corrected chi connectivity index (χ2v) is 9.37. The molecule has 0 saturated carbocycles. The minimum Gasteiger partial charge on any atom is -0.497 e. The summed E-state index contributed by atoms with van der Waals surface area (Å²) in [6.45, 7) is 7.07. The van der Waals surface area contributed by atoms with Crippen LogP contribution in [0.2, 0.25) is 0 Å². The first-order valence-corrected chi connectivity index (χ1v) is 12.7. The van der Waals surface area contributed by atoms with Crippen molar-refractivity contribution in [2.45, 2.75) is 58.5 Å². The van der Waals surface area contributed by atoms with Crippen LogP contribution in [-0.2, 0) is 29.0 Å². The van der Waals surface area contributed by atoms with Gasteiger partial charge in [0.2, 0.25) is 11.8 Å². The van der Waals surface area contributed by atoms with Crippen molar-refractivity contribution in [3.05, 3.63) is 101 Å². The van der Waals surface area contributed by atoms with Crippen molar-refractivity contribution >= 4 is 11.8 Å². The molecule has 0 bridgehead atoms. The molecular weight excluding hydrogens is 448 g/mol. The fraction of sp³-hybridized carbons (Fsp3) is 0.355. The molecule has 1 atom stereocenters. The van der Waals surface area contributed by atoms with Gasteiger partial charge in [-0.1, -0.05) is 80.6 Å². The zero-order chi connectivity index (χ0) is 25.9. The van der Waals surface area contributed by atoms with Gasteiger partial charge in [0, 0.05) is 25.9 Å². The van der Waals surface area contributed by atoms with Crippen molar-refractivity contribution in [2.24, 2.45) is 0 Å². The molecule has 0 spiro atoms. The van der Waals surface area contributed by atoms with E-state index in [0.717, 1.165) is 22.4 Å². The molecule has 3 aromatic carbocycles. The molecule has 5 nitrogen and oxygen atoms in total. The molecule has 190 valence electrons. The Morgan fingerprint density at radius 3 is 2.22 bits per heavy atom. The van der Waals surface area contributed by atoms with E-state index in [9.17, 15) is 9.59 Å². The minimum atomic E-state index is -0.616. The van der Waals surface area contributed by atoms with Crippen LogP contribution in [0.3, 0.4) is 0 Å². The van der Waals surface area contributed by atoms with Crippen molar-refractivity contribution in [1.29, 1.82) is 0 Å². The lowest BCUT2D eigenvalue weighted by atomic mass is 9.99. The number of methoxy groups -OCH3 is 1. The third kappa shape index (κ3) is 7.70. The summed E-state index contributed by atoms with van der Waals surface area (Å²) in [4.78, 5) is 28.7. The molecule has 5 heteroatoms. The molecule has 1 N–H and O–H groups in total. The van der Waals surface area contributed by atoms with Crippen LogP contribution >= 0.6 is 0 Å². The molecule has 0 aromatic heterocycles. The van der Waals surface area contributed by atoms with E-state index < -0.39 is 6.04 Å². The monoisotopic (exact) mass is 486 g/mol. The van der Waals surface area contributed by atoms with Gasteiger partial charge in [-0.15, -0.1) is 0 Å². The summed E-state index contributed by atoms with van der Waals surface area (Å²) in [7, 11) is 1.62. The number of hydrogen-bond donors (Lipinski definition) is 1. The Morgan fingerprint density at radius 1 is 0.889 bits per heavy atom. The Balaban J connectivity index is 1.87. The van der Waals surface area contributed by atoms with E-state index in [2.05, 4.69) is 43.4 Å². The summed E-state index contributed by atoms with van der Waals surface area (Å²) >= 11 is 0. The number of carbonyl (C=O) groups is 2. The summed E-state index contributed by atoms with van der Waals surface area (Å²) < 4.78 is 5.39. The van der Waals surface area contributed by atoms with Gasteiger partial charge < -0.3 is 15.0 Å². The largest absolute Gasteiger partial charge is 0.497 e. The van der Waals surface area contributed by atoms with E-state index in [1.54, 1.807) is 12.0 Å². The van der Waals surface area contributed by atoms with E-state index in [1.165, 1.54) is 5.56 Å². The molecule has 0 aliphatic rings. The molecular formula is C31H38N2O3. The van der Waals surface area contributed by atoms with Crippen LogP contribution in [0.1, 0.15) is 55.4 Å². The van der Waals surface area contributed by atoms with Gasteiger partial charge in [0.1, 0.15) is 11.8 Å². The highest BCUT2D eigenvalue weighted by Crippen LogP contribution is 2.20. The average molecular weight is 487 g/mol. The Bertz CT molecular complexity index is 1110. The minimum absolute atomic E-state index is 0.0436. The molecule has 0 aliphatic carbocycles. The molecule has 0 fully saturated rings. The summed E-state index contributed by atoms with van der Waals surface area (Å²) in [5.41, 5.74) is 4.34. The first-order valence-electron chi connectivity index (χ1n) is 12.7. The topological polar surface area (TPSA) is 58.6 Å². The molecule has 2 amide bonds. The van der Waals surface area contributed by atoms with E-state index in [4.69, 9.17) is 4.74 Å². The van der Waals surface area contributed by atoms with Gasteiger partial charge >= 0.3 is 0 Å². The van der Waals surface area contributed by atoms with Crippen molar-refractivity contribution < 1.29 is 14.3 Å². The van der Waals surface area contributed by atoms with E-state index >= 15 is 0 Å². The second kappa shape index (κ2) is 13.5. The number of nitrogens with zero attached hydrogens (tertiary/aromatic N) is 1. The van der Waals surface area contributed by atoms with Gasteiger partial charge in [-0.3, -0.25) is 9.59 Å². The number of hydrogen-bond acceptors (Lipinski definition) is 3. The molecule has 0 radical (unpaired) electrons. The maximum Gasteiger partial charge on any atom is 0.243 e. The average Bonchev–Trinajstić information content (AvgIpc) is 2.90. The fourth-order valence-electron chi connectivity index (χ4n) is 4.28. The fourth-order valence-corrected chi connectivity index (χ4v) is 4.28. The van der Waals surface area contributed by atoms with Crippen LogP contribution in [0, 0.1) is 0 Å². The summed E-state index contributed by atoms with van der Waals surface area (Å²) in [5, 5.41) is 2.94. The molecule has 0 heterocycles. The van der Waals surface area contributed by atoms with Crippen LogP contribution in [0.15, 0.2) is 78.9 Å². The van der Waals surface area contributed by atoms with Crippen LogP contribution in [0.25, 0.3) is 0 Å². The number of carbonyl (C=O) groups excluding carboxylic acids is 2. The second-order valence-electron chi connectivity index (χ2n) is 9.37. The highest BCUT2D eigenvalue weighted by atomic mass is 16.5. The van der Waals surface area contributed by atoms with Crippen LogP contribution < -0.4 is 10.1 Å². The number of benzene rings is 3. The Morgan fingerprint density at radius 2 is 1.58 bits per heavy atom. The predicted molar refractivity (Wildman–Crippen MR) is 145 cm³/mol. The van der Waals surface area contributed by atoms with Crippen molar-refractivity contribution in [1.82, 2.24) is 10.2 Å². The lowest BCUT2D eigenvalue weighted by Gasteiger charge is -2.31. The molecule has 3 aromatic rings. The van der Waals surface area contributed by atoms with Gasteiger partial charge in [-0.05, 0) is 53.6 Å². The smallest absolute Gasteiger partial charge is 0.243 e. The predicted octanol–water partition coefficient (Wildman–Crippen LogP) is 5.53. The van der Waals surface area contributed by atoms with E-state index in [-0.39, 0.29) is 11.8 Å². The highest BCUT2D eigenvalue weighted by Gasteiger charge is 2.30. The van der Waals surface area contributed by atoms with Crippen molar-refractivity contribution in [3.63, 3.8) is 0 Å². The molecule has 0 saturated heterocycles. The van der Waals surface area contributed by atoms with Crippen LogP contribution in [0.5, 0.6) is 5.75 Å². The Kier molecular flexibility index (Phi) is 10.1. The molecule has 0 unspecified atom stereocenters. The third-order valence-electron chi connectivity index (χ3n) is 6.38. The van der Waals surface area contributed by atoms with Gasteiger partial charge in [0.25, 0.3) is 0 Å². The maximum atomic E-state index is 13.7. The number of nitrogens with one attached hydrogen (secondary N) is 1. The standard InChI is InChI=1S/C31H38N2O3/c1-5-32-31(35)29(21-25-10-7-6-8-11-25)33(22-26-12-9-13-28(20-26)36-4)30(34)19-16-24-14-17-27(18-15-24)23(2)3/h6-15,17-18,20,23,29H,5,16,19,21-22H2,1-4H3,(H,32,35)/t29-/m1/s1. The van der Waals surface area contributed by atoms with Crippen LogP contribution in [0.4, 0.5) is 0 Å². The maximum absolute atomic E-state index is 13.7. The number of likely N-dealkylation sites (N-methyl/N-ethyl adjacent to an activating group) is 1. The van der Waals surface area contributed by atoms with Crippen molar-refractivity contribution in [3.8, 4) is 5.75 Å². The summed E-state index contributed by atoms with van der Waals surface area (Å²) in [6, 6.07) is 25.4. The summed E-state index contributed by atoms with van der Waals surface area (Å²) in [6.07, 6.45) is 1.40. The first-order chi connectivity index (χ1) is 17.4. The van der Waals surface area contributed by atoms with E-state index in [1.807, 2.05) is 61.5 Å². The Labute approximate surface area is 215 Å². The van der Waals surface area contributed by atoms with Gasteiger partial charge in [-0.25, -0.2) is 0 Å². The molecule has 36 heavy (non-hydrogen) atoms. The SMILES string of the molecule is CCNC(=O)[C@@H](Cc1ccccc1)N(Cc1cccc(OC)c1)C(=O)CCc1ccc(C(C)C)cc1. The number of amides is 2. The number of aryl methyl sites for hydroxylation is 1. The number of ether oxygens (including phenoxy) is 1. The summed E-state index contributed by atoms with van der Waals surface area (Å²) in [5.74, 6) is 1.01. The normalized spacial score (nSPS) is 11.7. The van der Waals surface area contributed by atoms with Crippen LogP contribution in [-0.4, -0.2) is 36.4 Å². The molecule has 0 aliphatic heterocycles. The van der Waals surface area contributed by atoms with Gasteiger partial charge in [-0.2, -0.15) is 0 Å². The Hall–Kier alpha value is -3.60. The lowest BCUT2D eigenvalue weighted by molar-refractivity contribution is -0.141. The zero-order valence-corrected chi connectivity index (χ0v) is 21.9. The number of rotatable bonds is 12. The third-order valence-corrected chi connectivity index (χ3v) is 6.38. The van der Waals surface area contributed by atoms with Gasteiger partial charge in [0.05, 0.1) is 7.11 Å². The van der Waals surface area contributed by atoms with Gasteiger partial charge in [0.15, 0.2) is 0 Å². The van der Waals surface area contributed by atoms with E-state index in [0.29, 0.717) is 38.3 Å². The van der Waals surface area contributed by atoms with Crippen molar-refractivity contribution in [2.75, 3.05) is 13.7 Å². The first kappa shape index (κ1) is 27.0. The quantitative estimate of drug-likeness (QED) is 0.366. The molecule has 3 rings (SSSR count). The highest BCUT2D eigenvalue weighted by molar-refractivity contribution is 5.88.